The van der Waals surface area contributed by atoms with Crippen molar-refractivity contribution in [1.82, 2.24) is 9.69 Å². The zero-order valence-corrected chi connectivity index (χ0v) is 13.5. The predicted molar refractivity (Wildman–Crippen MR) is 87.4 cm³/mol. The monoisotopic (exact) mass is 317 g/mol. The number of nitrogens with one attached hydrogen (secondary N) is 2. The summed E-state index contributed by atoms with van der Waals surface area (Å²) in [5, 5.41) is 17.4. The number of aromatic nitrogens is 1. The van der Waals surface area contributed by atoms with Gasteiger partial charge in [0.05, 0.1) is 17.8 Å². The second-order valence-corrected chi connectivity index (χ2v) is 6.37. The van der Waals surface area contributed by atoms with Gasteiger partial charge in [-0.3, -0.25) is 4.79 Å². The fourth-order valence-corrected chi connectivity index (χ4v) is 3.72. The third-order valence-corrected chi connectivity index (χ3v) is 5.14. The molecular weight excluding hydrogens is 298 g/mol. The van der Waals surface area contributed by atoms with E-state index in [1.807, 2.05) is 31.2 Å². The van der Waals surface area contributed by atoms with Gasteiger partial charge in [-0.15, -0.1) is 0 Å². The molecule has 0 saturated carbocycles. The summed E-state index contributed by atoms with van der Waals surface area (Å²) in [5.41, 5.74) is 2.35. The van der Waals surface area contributed by atoms with E-state index in [9.17, 15) is 9.90 Å². The predicted octanol–water partition coefficient (Wildman–Crippen LogP) is 2.06. The van der Waals surface area contributed by atoms with Gasteiger partial charge in [0.2, 0.25) is 0 Å². The minimum Gasteiger partial charge on any atom is -0.383 e. The van der Waals surface area contributed by atoms with Crippen molar-refractivity contribution in [3.05, 3.63) is 46.6 Å². The zero-order valence-electron chi connectivity index (χ0n) is 12.6. The van der Waals surface area contributed by atoms with Gasteiger partial charge in [0.25, 0.3) is 5.91 Å². The zero-order chi connectivity index (χ0) is 15.7. The molecule has 6 heteroatoms. The summed E-state index contributed by atoms with van der Waals surface area (Å²) in [4.78, 5) is 12.4. The number of hydrogen-bond acceptors (Lipinski definition) is 5. The Morgan fingerprint density at radius 2 is 2.23 bits per heavy atom. The van der Waals surface area contributed by atoms with Crippen LogP contribution in [0.2, 0.25) is 0 Å². The van der Waals surface area contributed by atoms with Crippen LogP contribution in [0.5, 0.6) is 0 Å². The molecule has 1 aliphatic rings. The van der Waals surface area contributed by atoms with Crippen LogP contribution in [0, 0.1) is 6.92 Å². The highest BCUT2D eigenvalue weighted by molar-refractivity contribution is 7.10. The molecule has 1 unspecified atom stereocenters. The molecule has 0 spiro atoms. The first-order chi connectivity index (χ1) is 10.5. The van der Waals surface area contributed by atoms with Crippen molar-refractivity contribution in [3.63, 3.8) is 0 Å². The minimum absolute atomic E-state index is 0.201. The number of nitrogens with zero attached hydrogens (tertiary/aromatic N) is 1. The van der Waals surface area contributed by atoms with E-state index in [4.69, 9.17) is 0 Å². The van der Waals surface area contributed by atoms with Gasteiger partial charge in [0, 0.05) is 7.05 Å². The third-order valence-electron chi connectivity index (χ3n) is 4.18. The van der Waals surface area contributed by atoms with Crippen molar-refractivity contribution >= 4 is 22.4 Å². The van der Waals surface area contributed by atoms with Gasteiger partial charge in [-0.25, -0.2) is 0 Å². The van der Waals surface area contributed by atoms with Gasteiger partial charge in [-0.2, -0.15) is 4.37 Å². The maximum absolute atomic E-state index is 12.4. The second-order valence-electron chi connectivity index (χ2n) is 5.59. The summed E-state index contributed by atoms with van der Waals surface area (Å²) in [6, 6.07) is 7.86. The van der Waals surface area contributed by atoms with Gasteiger partial charge in [0.15, 0.2) is 0 Å². The van der Waals surface area contributed by atoms with Crippen LogP contribution in [0.4, 0.5) is 5.00 Å². The van der Waals surface area contributed by atoms with Gasteiger partial charge >= 0.3 is 0 Å². The minimum atomic E-state index is -0.983. The Morgan fingerprint density at radius 1 is 1.45 bits per heavy atom. The maximum atomic E-state index is 12.4. The molecule has 22 heavy (non-hydrogen) atoms. The molecule has 1 heterocycles. The Morgan fingerprint density at radius 3 is 3.00 bits per heavy atom. The molecule has 3 N–H and O–H groups in total. The standard InChI is InChI=1S/C16H19N3O2S/c1-10-13(15(17-2)22-19-10)14(20)18-9-16(21)8-7-11-5-3-4-6-12(11)16/h3-6,17,21H,7-9H2,1-2H3,(H,18,20). The molecule has 0 bridgehead atoms. The van der Waals surface area contributed by atoms with Crippen molar-refractivity contribution in [1.29, 1.82) is 0 Å². The average Bonchev–Trinajstić information content (AvgIpc) is 3.07. The van der Waals surface area contributed by atoms with E-state index >= 15 is 0 Å². The number of fused-ring (bicyclic) bond motifs is 1. The van der Waals surface area contributed by atoms with E-state index in [-0.39, 0.29) is 12.5 Å². The molecule has 1 atom stereocenters. The van der Waals surface area contributed by atoms with E-state index in [2.05, 4.69) is 15.0 Å². The Labute approximate surface area is 133 Å². The van der Waals surface area contributed by atoms with Crippen LogP contribution in [-0.2, 0) is 12.0 Å². The quantitative estimate of drug-likeness (QED) is 0.807. The molecular formula is C16H19N3O2S. The Kier molecular flexibility index (Phi) is 3.88. The van der Waals surface area contributed by atoms with Crippen molar-refractivity contribution in [2.24, 2.45) is 0 Å². The number of amides is 1. The maximum Gasteiger partial charge on any atom is 0.256 e. The van der Waals surface area contributed by atoms with E-state index < -0.39 is 5.60 Å². The highest BCUT2D eigenvalue weighted by Gasteiger charge is 2.36. The van der Waals surface area contributed by atoms with Crippen LogP contribution in [0.1, 0.15) is 33.6 Å². The molecule has 2 aromatic rings. The number of benzene rings is 1. The van der Waals surface area contributed by atoms with Crippen LogP contribution in [-0.4, -0.2) is 29.0 Å². The molecule has 3 rings (SSSR count). The van der Waals surface area contributed by atoms with Crippen molar-refractivity contribution in [2.45, 2.75) is 25.4 Å². The molecule has 0 fully saturated rings. The lowest BCUT2D eigenvalue weighted by Crippen LogP contribution is -2.39. The van der Waals surface area contributed by atoms with E-state index in [0.29, 0.717) is 17.7 Å². The molecule has 1 aromatic heterocycles. The van der Waals surface area contributed by atoms with E-state index in [1.165, 1.54) is 11.5 Å². The molecule has 1 amide bonds. The highest BCUT2D eigenvalue weighted by Crippen LogP contribution is 2.36. The SMILES string of the molecule is CNc1snc(C)c1C(=O)NCC1(O)CCc2ccccc21. The third kappa shape index (κ3) is 2.48. The number of hydrogen-bond donors (Lipinski definition) is 3. The lowest BCUT2D eigenvalue weighted by molar-refractivity contribution is 0.0369. The molecule has 5 nitrogen and oxygen atoms in total. The van der Waals surface area contributed by atoms with Gasteiger partial charge in [-0.1, -0.05) is 24.3 Å². The number of anilines is 1. The number of rotatable bonds is 4. The Bertz CT molecular complexity index is 713. The van der Waals surface area contributed by atoms with E-state index in [1.54, 1.807) is 7.05 Å². The van der Waals surface area contributed by atoms with Crippen LogP contribution >= 0.6 is 11.5 Å². The molecule has 0 aliphatic heterocycles. The van der Waals surface area contributed by atoms with Crippen molar-refractivity contribution in [2.75, 3.05) is 18.9 Å². The molecule has 1 aliphatic carbocycles. The van der Waals surface area contributed by atoms with Crippen molar-refractivity contribution in [3.8, 4) is 0 Å². The van der Waals surface area contributed by atoms with Gasteiger partial charge < -0.3 is 15.7 Å². The first kappa shape index (κ1) is 15.0. The lowest BCUT2D eigenvalue weighted by atomic mass is 9.96. The number of carbonyl (C=O) groups is 1. The fraction of sp³-hybridized carbons (Fsp3) is 0.375. The summed E-state index contributed by atoms with van der Waals surface area (Å²) in [6.07, 6.45) is 1.47. The summed E-state index contributed by atoms with van der Waals surface area (Å²) >= 11 is 1.27. The Balaban J connectivity index is 1.76. The smallest absolute Gasteiger partial charge is 0.256 e. The molecule has 0 saturated heterocycles. The molecule has 1 aromatic carbocycles. The molecule has 116 valence electrons. The van der Waals surface area contributed by atoms with Gasteiger partial charge in [-0.05, 0) is 42.4 Å². The largest absolute Gasteiger partial charge is 0.383 e. The summed E-state index contributed by atoms with van der Waals surface area (Å²) in [7, 11) is 1.77. The second kappa shape index (κ2) is 5.70. The van der Waals surface area contributed by atoms with Crippen LogP contribution in [0.15, 0.2) is 24.3 Å². The summed E-state index contributed by atoms with van der Waals surface area (Å²) in [6.45, 7) is 2.02. The van der Waals surface area contributed by atoms with Crippen molar-refractivity contribution < 1.29 is 9.90 Å². The van der Waals surface area contributed by atoms with Crippen LogP contribution in [0.3, 0.4) is 0 Å². The highest BCUT2D eigenvalue weighted by atomic mass is 32.1. The first-order valence-electron chi connectivity index (χ1n) is 7.28. The van der Waals surface area contributed by atoms with E-state index in [0.717, 1.165) is 22.5 Å². The van der Waals surface area contributed by atoms with Crippen LogP contribution in [0.25, 0.3) is 0 Å². The van der Waals surface area contributed by atoms with Crippen LogP contribution < -0.4 is 10.6 Å². The number of carbonyl (C=O) groups excluding carboxylic acids is 1. The fourth-order valence-electron chi connectivity index (χ4n) is 2.97. The average molecular weight is 317 g/mol. The lowest BCUT2D eigenvalue weighted by Gasteiger charge is -2.24. The summed E-state index contributed by atoms with van der Waals surface area (Å²) < 4.78 is 4.20. The summed E-state index contributed by atoms with van der Waals surface area (Å²) in [5.74, 6) is -0.201. The van der Waals surface area contributed by atoms with Gasteiger partial charge in [0.1, 0.15) is 10.6 Å². The normalized spacial score (nSPS) is 19.8. The topological polar surface area (TPSA) is 74.2 Å². The number of aryl methyl sites for hydroxylation is 2. The first-order valence-corrected chi connectivity index (χ1v) is 8.05. The Hall–Kier alpha value is -1.92. The number of aliphatic hydroxyl groups is 1. The molecule has 0 radical (unpaired) electrons.